The number of unbranched alkanes of at least 4 members (excludes halogenated alkanes) is 2. The molecule has 1 aromatic heterocycles. The lowest BCUT2D eigenvalue weighted by atomic mass is 10.2. The minimum absolute atomic E-state index is 1.04. The molecule has 0 atom stereocenters. The normalized spacial score (nSPS) is 11.1. The Hall–Kier alpha value is -1.31. The van der Waals surface area contributed by atoms with Crippen LogP contribution in [-0.2, 0) is 13.1 Å². The van der Waals surface area contributed by atoms with Gasteiger partial charge >= 0.3 is 0 Å². The number of nitrogens with zero attached hydrogens (tertiary/aromatic N) is 2. The molecule has 2 aromatic rings. The zero-order valence-corrected chi connectivity index (χ0v) is 10.3. The third kappa shape index (κ3) is 2.11. The molecular formula is C14H21N2+. The van der Waals surface area contributed by atoms with Crippen LogP contribution in [0.15, 0.2) is 30.6 Å². The van der Waals surface area contributed by atoms with Gasteiger partial charge in [0.2, 0.25) is 6.33 Å². The van der Waals surface area contributed by atoms with Crippen LogP contribution in [0.1, 0.15) is 33.1 Å². The molecule has 1 aromatic carbocycles. The second-order valence-corrected chi connectivity index (χ2v) is 4.29. The quantitative estimate of drug-likeness (QED) is 0.537. The van der Waals surface area contributed by atoms with Gasteiger partial charge in [0.1, 0.15) is 0 Å². The Bertz CT molecular complexity index is 457. The van der Waals surface area contributed by atoms with Crippen molar-refractivity contribution in [2.24, 2.45) is 0 Å². The molecule has 0 bridgehead atoms. The molecule has 0 saturated heterocycles. The molecule has 0 N–H and O–H groups in total. The molecule has 2 nitrogen and oxygen atoms in total. The second kappa shape index (κ2) is 5.15. The predicted octanol–water partition coefficient (Wildman–Crippen LogP) is 3.14. The van der Waals surface area contributed by atoms with Crippen molar-refractivity contribution in [2.45, 2.75) is 46.2 Å². The van der Waals surface area contributed by atoms with E-state index in [2.05, 4.69) is 53.6 Å². The number of rotatable bonds is 5. The molecule has 0 aliphatic heterocycles. The highest BCUT2D eigenvalue weighted by Gasteiger charge is 2.12. The van der Waals surface area contributed by atoms with E-state index in [0.29, 0.717) is 0 Å². The number of para-hydroxylation sites is 2. The van der Waals surface area contributed by atoms with Crippen molar-refractivity contribution in [2.75, 3.05) is 0 Å². The summed E-state index contributed by atoms with van der Waals surface area (Å²) in [6.07, 6.45) is 6.13. The van der Waals surface area contributed by atoms with Crippen molar-refractivity contribution >= 4 is 11.0 Å². The lowest BCUT2D eigenvalue weighted by Gasteiger charge is -1.96. The smallest absolute Gasteiger partial charge is 0.230 e. The summed E-state index contributed by atoms with van der Waals surface area (Å²) < 4.78 is 4.70. The van der Waals surface area contributed by atoms with Gasteiger partial charge in [-0.05, 0) is 31.9 Å². The molecule has 0 aliphatic rings. The Kier molecular flexibility index (Phi) is 3.60. The van der Waals surface area contributed by atoms with E-state index in [0.717, 1.165) is 13.1 Å². The molecule has 16 heavy (non-hydrogen) atoms. The van der Waals surface area contributed by atoms with Crippen LogP contribution in [0.4, 0.5) is 0 Å². The van der Waals surface area contributed by atoms with Gasteiger partial charge in [-0.2, -0.15) is 0 Å². The maximum atomic E-state index is 2.38. The summed E-state index contributed by atoms with van der Waals surface area (Å²) in [6.45, 7) is 6.63. The fourth-order valence-electron chi connectivity index (χ4n) is 2.20. The number of benzene rings is 1. The first-order valence-corrected chi connectivity index (χ1v) is 6.34. The molecule has 1 heterocycles. The summed E-state index contributed by atoms with van der Waals surface area (Å²) in [4.78, 5) is 0. The van der Waals surface area contributed by atoms with Gasteiger partial charge in [0, 0.05) is 0 Å². The van der Waals surface area contributed by atoms with Gasteiger partial charge in [-0.1, -0.05) is 25.5 Å². The molecule has 86 valence electrons. The van der Waals surface area contributed by atoms with E-state index in [-0.39, 0.29) is 0 Å². The highest BCUT2D eigenvalue weighted by atomic mass is 15.1. The average molecular weight is 217 g/mol. The Morgan fingerprint density at radius 2 is 1.94 bits per heavy atom. The topological polar surface area (TPSA) is 8.81 Å². The molecule has 2 heteroatoms. The van der Waals surface area contributed by atoms with Gasteiger partial charge in [0.05, 0.1) is 13.1 Å². The van der Waals surface area contributed by atoms with Crippen LogP contribution in [0.5, 0.6) is 0 Å². The third-order valence-electron chi connectivity index (χ3n) is 3.12. The summed E-state index contributed by atoms with van der Waals surface area (Å²) in [5.74, 6) is 0. The van der Waals surface area contributed by atoms with Gasteiger partial charge in [-0.15, -0.1) is 0 Å². The molecule has 0 fully saturated rings. The van der Waals surface area contributed by atoms with Gasteiger partial charge < -0.3 is 0 Å². The van der Waals surface area contributed by atoms with Crippen LogP contribution in [0.25, 0.3) is 11.0 Å². The van der Waals surface area contributed by atoms with Gasteiger partial charge in [0.15, 0.2) is 11.0 Å². The van der Waals surface area contributed by atoms with Gasteiger partial charge in [-0.25, -0.2) is 9.13 Å². The van der Waals surface area contributed by atoms with Crippen molar-refractivity contribution in [1.82, 2.24) is 4.57 Å². The maximum Gasteiger partial charge on any atom is 0.244 e. The van der Waals surface area contributed by atoms with Crippen LogP contribution < -0.4 is 4.57 Å². The first-order valence-electron chi connectivity index (χ1n) is 6.34. The van der Waals surface area contributed by atoms with E-state index in [1.54, 1.807) is 0 Å². The van der Waals surface area contributed by atoms with E-state index in [9.17, 15) is 0 Å². The number of hydrogen-bond acceptors (Lipinski definition) is 0. The summed E-state index contributed by atoms with van der Waals surface area (Å²) in [5.41, 5.74) is 2.71. The molecule has 0 aliphatic carbocycles. The maximum absolute atomic E-state index is 2.38. The van der Waals surface area contributed by atoms with E-state index in [1.165, 1.54) is 30.3 Å². The number of aromatic nitrogens is 2. The van der Waals surface area contributed by atoms with E-state index >= 15 is 0 Å². The van der Waals surface area contributed by atoms with Crippen LogP contribution in [0.3, 0.4) is 0 Å². The minimum Gasteiger partial charge on any atom is -0.230 e. The molecule has 0 spiro atoms. The lowest BCUT2D eigenvalue weighted by Crippen LogP contribution is -2.32. The Labute approximate surface area is 97.5 Å². The zero-order valence-electron chi connectivity index (χ0n) is 10.3. The van der Waals surface area contributed by atoms with Crippen molar-refractivity contribution in [3.63, 3.8) is 0 Å². The SMILES string of the molecule is CCCCC[n+]1cn(CC)c2ccccc21. The second-order valence-electron chi connectivity index (χ2n) is 4.29. The highest BCUT2D eigenvalue weighted by molar-refractivity contribution is 5.71. The summed E-state index contributed by atoms with van der Waals surface area (Å²) in [5, 5.41) is 0. The minimum atomic E-state index is 1.04. The standard InChI is InChI=1S/C14H21N2/c1-3-5-8-11-16-12-15(4-2)13-9-6-7-10-14(13)16/h6-7,9-10,12H,3-5,8,11H2,1-2H3/q+1. The summed E-state index contributed by atoms with van der Waals surface area (Å²) >= 11 is 0. The zero-order chi connectivity index (χ0) is 11.4. The third-order valence-corrected chi connectivity index (χ3v) is 3.12. The molecular weight excluding hydrogens is 196 g/mol. The number of hydrogen-bond donors (Lipinski definition) is 0. The predicted molar refractivity (Wildman–Crippen MR) is 67.3 cm³/mol. The first-order chi connectivity index (χ1) is 7.86. The number of imidazole rings is 1. The number of fused-ring (bicyclic) bond motifs is 1. The fraction of sp³-hybridized carbons (Fsp3) is 0.500. The molecule has 0 saturated carbocycles. The lowest BCUT2D eigenvalue weighted by molar-refractivity contribution is -0.672. The van der Waals surface area contributed by atoms with Gasteiger partial charge in [0.25, 0.3) is 0 Å². The first kappa shape index (κ1) is 11.2. The Balaban J connectivity index is 2.30. The average Bonchev–Trinajstić information content (AvgIpc) is 2.68. The van der Waals surface area contributed by atoms with E-state index in [4.69, 9.17) is 0 Å². The van der Waals surface area contributed by atoms with Gasteiger partial charge in [-0.3, -0.25) is 0 Å². The van der Waals surface area contributed by atoms with Crippen LogP contribution in [0, 0.1) is 0 Å². The molecule has 0 amide bonds. The van der Waals surface area contributed by atoms with Crippen LogP contribution in [0.2, 0.25) is 0 Å². The van der Waals surface area contributed by atoms with Crippen molar-refractivity contribution in [3.05, 3.63) is 30.6 Å². The Morgan fingerprint density at radius 3 is 2.69 bits per heavy atom. The van der Waals surface area contributed by atoms with Crippen molar-refractivity contribution in [1.29, 1.82) is 0 Å². The monoisotopic (exact) mass is 217 g/mol. The van der Waals surface area contributed by atoms with Crippen molar-refractivity contribution in [3.8, 4) is 0 Å². The summed E-state index contributed by atoms with van der Waals surface area (Å²) in [7, 11) is 0. The van der Waals surface area contributed by atoms with E-state index < -0.39 is 0 Å². The molecule has 0 radical (unpaired) electrons. The molecule has 2 rings (SSSR count). The largest absolute Gasteiger partial charge is 0.244 e. The molecule has 0 unspecified atom stereocenters. The fourth-order valence-corrected chi connectivity index (χ4v) is 2.20. The highest BCUT2D eigenvalue weighted by Crippen LogP contribution is 2.10. The summed E-state index contributed by atoms with van der Waals surface area (Å²) in [6, 6.07) is 8.66. The van der Waals surface area contributed by atoms with Crippen molar-refractivity contribution < 1.29 is 4.57 Å². The van der Waals surface area contributed by atoms with Crippen LogP contribution >= 0.6 is 0 Å². The Morgan fingerprint density at radius 1 is 1.12 bits per heavy atom. The van der Waals surface area contributed by atoms with Crippen LogP contribution in [-0.4, -0.2) is 4.57 Å². The van der Waals surface area contributed by atoms with E-state index in [1.807, 2.05) is 0 Å². The number of aryl methyl sites for hydroxylation is 2.